The second-order valence-corrected chi connectivity index (χ2v) is 10.3. The number of nitrogens with zero attached hydrogens (tertiary/aromatic N) is 5. The van der Waals surface area contributed by atoms with Crippen molar-refractivity contribution in [2.45, 2.75) is 19.3 Å². The van der Waals surface area contributed by atoms with Gasteiger partial charge in [0.15, 0.2) is 0 Å². The van der Waals surface area contributed by atoms with E-state index in [2.05, 4.69) is 24.0 Å². The topological polar surface area (TPSA) is 89.0 Å². The smallest absolute Gasteiger partial charge is 0.246 e. The fraction of sp³-hybridized carbons (Fsp3) is 0.346. The lowest BCUT2D eigenvalue weighted by atomic mass is 10.1. The standard InChI is InChI=1S/C26H30N6O2S/c1-16-12-18-14-20(35-24(18)19(13-16)34-4)22-23-25(27)28-8-11-32(23)26(29-22)17-7-10-31(15-17)21(33)6-5-9-30(2)3/h5-6,8,11-14,17H,7,9-10,15H2,1-4H3,(H2,27,28). The number of carbonyl (C=O) groups excluding carboxylic acids is 1. The van der Waals surface area contributed by atoms with Crippen LogP contribution in [0.5, 0.6) is 5.75 Å². The van der Waals surface area contributed by atoms with Crippen LogP contribution in [0.1, 0.15) is 23.7 Å². The van der Waals surface area contributed by atoms with Crippen LogP contribution in [0.15, 0.2) is 42.7 Å². The number of carbonyl (C=O) groups is 1. The highest BCUT2D eigenvalue weighted by atomic mass is 32.1. The van der Waals surface area contributed by atoms with Crippen LogP contribution in [0.3, 0.4) is 0 Å². The molecule has 1 saturated heterocycles. The molecule has 1 aliphatic heterocycles. The molecule has 1 aliphatic rings. The van der Waals surface area contributed by atoms with Crippen LogP contribution in [0, 0.1) is 6.92 Å². The minimum Gasteiger partial charge on any atom is -0.495 e. The van der Waals surface area contributed by atoms with E-state index in [1.807, 2.05) is 46.6 Å². The van der Waals surface area contributed by atoms with Gasteiger partial charge in [0.25, 0.3) is 0 Å². The van der Waals surface area contributed by atoms with E-state index < -0.39 is 0 Å². The summed E-state index contributed by atoms with van der Waals surface area (Å²) in [5.41, 5.74) is 9.14. The highest BCUT2D eigenvalue weighted by Gasteiger charge is 2.31. The number of benzene rings is 1. The van der Waals surface area contributed by atoms with Crippen LogP contribution in [0.4, 0.5) is 5.82 Å². The maximum Gasteiger partial charge on any atom is 0.246 e. The number of nitrogen functional groups attached to an aromatic ring is 1. The molecular formula is C26H30N6O2S. The molecule has 182 valence electrons. The zero-order chi connectivity index (χ0) is 24.7. The Morgan fingerprint density at radius 3 is 2.94 bits per heavy atom. The Morgan fingerprint density at radius 1 is 1.34 bits per heavy atom. The number of ether oxygens (including phenoxy) is 1. The van der Waals surface area contributed by atoms with Crippen LogP contribution in [-0.4, -0.2) is 70.9 Å². The summed E-state index contributed by atoms with van der Waals surface area (Å²) in [6, 6.07) is 6.35. The van der Waals surface area contributed by atoms with Crippen molar-refractivity contribution < 1.29 is 9.53 Å². The van der Waals surface area contributed by atoms with Gasteiger partial charge in [-0.25, -0.2) is 9.97 Å². The lowest BCUT2D eigenvalue weighted by Crippen LogP contribution is -2.27. The van der Waals surface area contributed by atoms with E-state index in [0.717, 1.165) is 56.3 Å². The van der Waals surface area contributed by atoms with Gasteiger partial charge >= 0.3 is 0 Å². The molecule has 1 atom stereocenters. The number of amides is 1. The van der Waals surface area contributed by atoms with E-state index in [9.17, 15) is 4.79 Å². The first-order valence-corrected chi connectivity index (χ1v) is 12.5. The SMILES string of the molecule is COc1cc(C)cc2cc(-c3nc(C4CCN(C(=O)C=CCN(C)C)C4)n4ccnc(N)c34)sc12. The van der Waals surface area contributed by atoms with E-state index in [1.54, 1.807) is 30.7 Å². The third kappa shape index (κ3) is 4.37. The Bertz CT molecular complexity index is 1440. The second-order valence-electron chi connectivity index (χ2n) is 9.28. The monoisotopic (exact) mass is 490 g/mol. The molecular weight excluding hydrogens is 460 g/mol. The Labute approximate surface area is 208 Å². The summed E-state index contributed by atoms with van der Waals surface area (Å²) in [6.07, 6.45) is 8.05. The number of likely N-dealkylation sites (N-methyl/N-ethyl adjacent to an activating group) is 1. The molecule has 9 heteroatoms. The van der Waals surface area contributed by atoms with Gasteiger partial charge in [-0.15, -0.1) is 11.3 Å². The fourth-order valence-electron chi connectivity index (χ4n) is 4.72. The maximum absolute atomic E-state index is 12.7. The molecule has 0 spiro atoms. The van der Waals surface area contributed by atoms with Crippen molar-refractivity contribution in [3.05, 3.63) is 54.1 Å². The van der Waals surface area contributed by atoms with Gasteiger partial charge in [-0.3, -0.25) is 9.20 Å². The van der Waals surface area contributed by atoms with Gasteiger partial charge in [-0.05, 0) is 50.5 Å². The molecule has 2 N–H and O–H groups in total. The Balaban J connectivity index is 1.52. The molecule has 0 aliphatic carbocycles. The number of anilines is 1. The minimum absolute atomic E-state index is 0.0450. The van der Waals surface area contributed by atoms with E-state index in [1.165, 1.54) is 0 Å². The van der Waals surface area contributed by atoms with E-state index in [-0.39, 0.29) is 11.8 Å². The van der Waals surface area contributed by atoms with Crippen LogP contribution in [0.25, 0.3) is 26.2 Å². The minimum atomic E-state index is 0.0450. The highest BCUT2D eigenvalue weighted by molar-refractivity contribution is 7.22. The molecule has 35 heavy (non-hydrogen) atoms. The van der Waals surface area contributed by atoms with Crippen LogP contribution in [0.2, 0.25) is 0 Å². The largest absolute Gasteiger partial charge is 0.495 e. The van der Waals surface area contributed by atoms with Crippen LogP contribution < -0.4 is 10.5 Å². The van der Waals surface area contributed by atoms with Gasteiger partial charge in [-0.1, -0.05) is 12.1 Å². The van der Waals surface area contributed by atoms with E-state index >= 15 is 0 Å². The second kappa shape index (κ2) is 9.31. The molecule has 1 aromatic carbocycles. The zero-order valence-electron chi connectivity index (χ0n) is 20.5. The summed E-state index contributed by atoms with van der Waals surface area (Å²) in [7, 11) is 5.66. The number of aromatic nitrogens is 3. The van der Waals surface area contributed by atoms with Crippen LogP contribution in [-0.2, 0) is 4.79 Å². The van der Waals surface area contributed by atoms with Gasteiger partial charge < -0.3 is 20.3 Å². The number of hydrogen-bond donors (Lipinski definition) is 1. The molecule has 1 unspecified atom stereocenters. The van der Waals surface area contributed by atoms with Crippen molar-refractivity contribution in [1.29, 1.82) is 0 Å². The average molecular weight is 491 g/mol. The molecule has 1 fully saturated rings. The number of thiophene rings is 1. The quantitative estimate of drug-likeness (QED) is 0.412. The first-order chi connectivity index (χ1) is 16.9. The Morgan fingerprint density at radius 2 is 2.17 bits per heavy atom. The Hall–Kier alpha value is -3.43. The number of aryl methyl sites for hydroxylation is 1. The van der Waals surface area contributed by atoms with Gasteiger partial charge in [0.2, 0.25) is 5.91 Å². The first kappa shape index (κ1) is 23.3. The number of fused-ring (bicyclic) bond motifs is 2. The number of hydrogen-bond acceptors (Lipinski definition) is 7. The van der Waals surface area contributed by atoms with Gasteiger partial charge in [-0.2, -0.15) is 0 Å². The molecule has 4 heterocycles. The van der Waals surface area contributed by atoms with Gasteiger partial charge in [0.05, 0.1) is 16.7 Å². The molecule has 3 aromatic heterocycles. The lowest BCUT2D eigenvalue weighted by Gasteiger charge is -2.14. The zero-order valence-corrected chi connectivity index (χ0v) is 21.3. The van der Waals surface area contributed by atoms with E-state index in [4.69, 9.17) is 15.5 Å². The number of methoxy groups -OCH3 is 1. The molecule has 4 aromatic rings. The summed E-state index contributed by atoms with van der Waals surface area (Å²) >= 11 is 1.64. The van der Waals surface area contributed by atoms with Crippen molar-refractivity contribution in [1.82, 2.24) is 24.2 Å². The molecule has 8 nitrogen and oxygen atoms in total. The summed E-state index contributed by atoms with van der Waals surface area (Å²) in [5, 5.41) is 1.12. The van der Waals surface area contributed by atoms with Crippen molar-refractivity contribution in [3.8, 4) is 16.3 Å². The maximum atomic E-state index is 12.7. The summed E-state index contributed by atoms with van der Waals surface area (Å²) in [5.74, 6) is 2.38. The fourth-order valence-corrected chi connectivity index (χ4v) is 5.84. The van der Waals surface area contributed by atoms with Crippen molar-refractivity contribution in [2.75, 3.05) is 46.6 Å². The van der Waals surface area contributed by atoms with Crippen molar-refractivity contribution in [2.24, 2.45) is 0 Å². The average Bonchev–Trinajstić information content (AvgIpc) is 3.54. The number of likely N-dealkylation sites (tertiary alicyclic amines) is 1. The molecule has 5 rings (SSSR count). The van der Waals surface area contributed by atoms with Crippen molar-refractivity contribution in [3.63, 3.8) is 0 Å². The number of imidazole rings is 1. The summed E-state index contributed by atoms with van der Waals surface area (Å²) in [4.78, 5) is 27.1. The summed E-state index contributed by atoms with van der Waals surface area (Å²) in [6.45, 7) is 4.14. The number of rotatable bonds is 6. The molecule has 0 bridgehead atoms. The van der Waals surface area contributed by atoms with Gasteiger partial charge in [0.1, 0.15) is 28.6 Å². The lowest BCUT2D eigenvalue weighted by molar-refractivity contribution is -0.125. The molecule has 0 radical (unpaired) electrons. The normalized spacial score (nSPS) is 16.4. The summed E-state index contributed by atoms with van der Waals surface area (Å²) < 4.78 is 8.76. The van der Waals surface area contributed by atoms with Gasteiger partial charge in [0, 0.05) is 44.0 Å². The third-order valence-corrected chi connectivity index (χ3v) is 7.56. The molecule has 1 amide bonds. The Kier molecular flexibility index (Phi) is 6.21. The third-order valence-electron chi connectivity index (χ3n) is 6.39. The highest BCUT2D eigenvalue weighted by Crippen LogP contribution is 2.42. The predicted molar refractivity (Wildman–Crippen MR) is 141 cm³/mol. The van der Waals surface area contributed by atoms with Crippen LogP contribution >= 0.6 is 11.3 Å². The van der Waals surface area contributed by atoms with E-state index in [0.29, 0.717) is 18.9 Å². The van der Waals surface area contributed by atoms with Crippen molar-refractivity contribution >= 4 is 38.7 Å². The molecule has 0 saturated carbocycles. The first-order valence-electron chi connectivity index (χ1n) is 11.7. The number of nitrogens with two attached hydrogens (primary N) is 1. The predicted octanol–water partition coefficient (Wildman–Crippen LogP) is 3.94.